The first kappa shape index (κ1) is 20.7. The monoisotopic (exact) mass is 447 g/mol. The summed E-state index contributed by atoms with van der Waals surface area (Å²) in [6.07, 6.45) is 2.22. The summed E-state index contributed by atoms with van der Waals surface area (Å²) in [5, 5.41) is 10.5. The first-order valence-corrected chi connectivity index (χ1v) is 10.5. The molecule has 0 fully saturated rings. The van der Waals surface area contributed by atoms with E-state index in [-0.39, 0.29) is 25.1 Å². The van der Waals surface area contributed by atoms with Gasteiger partial charge in [0.2, 0.25) is 5.88 Å². The second-order valence-corrected chi connectivity index (χ2v) is 7.95. The molecule has 1 amide bonds. The first-order chi connectivity index (χ1) is 15.9. The van der Waals surface area contributed by atoms with Crippen molar-refractivity contribution in [1.82, 2.24) is 24.9 Å². The number of rotatable bonds is 1. The molecule has 0 unspecified atom stereocenters. The number of carbonyl (C=O) groups excluding carboxylic acids is 1. The highest BCUT2D eigenvalue weighted by atomic mass is 19.1. The number of benzene rings is 1. The van der Waals surface area contributed by atoms with E-state index in [1.165, 1.54) is 12.3 Å². The van der Waals surface area contributed by atoms with Crippen LogP contribution in [0.4, 0.5) is 15.9 Å². The minimum Gasteiger partial charge on any atom is -0.473 e. The molecule has 33 heavy (non-hydrogen) atoms. The molecule has 1 aliphatic rings. The number of nitrogens with one attached hydrogen (secondary N) is 2. The zero-order valence-corrected chi connectivity index (χ0v) is 18.1. The van der Waals surface area contributed by atoms with Crippen LogP contribution in [0.15, 0.2) is 42.7 Å². The Morgan fingerprint density at radius 1 is 1.21 bits per heavy atom. The Hall–Kier alpha value is -4.21. The van der Waals surface area contributed by atoms with Crippen LogP contribution >= 0.6 is 0 Å². The number of nitrogens with zero attached hydrogens (tertiary/aromatic N) is 4. The third kappa shape index (κ3) is 3.79. The SMILES string of the molecule is Cc1c(-c2ccc(N)cc2)c2nc3c(cnn13)C(=O)NC[C@H](C)Oc1ncc(F)cc1CN2. The van der Waals surface area contributed by atoms with E-state index in [1.807, 2.05) is 19.1 Å². The zero-order chi connectivity index (χ0) is 23.1. The van der Waals surface area contributed by atoms with E-state index in [0.29, 0.717) is 34.2 Å². The molecule has 0 radical (unpaired) electrons. The number of anilines is 2. The van der Waals surface area contributed by atoms with Crippen molar-refractivity contribution >= 4 is 23.1 Å². The van der Waals surface area contributed by atoms with Crippen molar-refractivity contribution in [3.05, 3.63) is 65.4 Å². The van der Waals surface area contributed by atoms with Crippen LogP contribution in [0.5, 0.6) is 5.88 Å². The normalized spacial score (nSPS) is 16.1. The number of halogens is 1. The maximum absolute atomic E-state index is 14.0. The van der Waals surface area contributed by atoms with Crippen LogP contribution in [0.2, 0.25) is 0 Å². The number of nitrogens with two attached hydrogens (primary N) is 1. The van der Waals surface area contributed by atoms with E-state index in [0.717, 1.165) is 23.0 Å². The van der Waals surface area contributed by atoms with Crippen molar-refractivity contribution in [2.75, 3.05) is 17.6 Å². The molecule has 0 spiro atoms. The van der Waals surface area contributed by atoms with E-state index in [9.17, 15) is 9.18 Å². The van der Waals surface area contributed by atoms with Gasteiger partial charge in [-0.05, 0) is 37.6 Å². The van der Waals surface area contributed by atoms with Gasteiger partial charge in [0.25, 0.3) is 5.91 Å². The lowest BCUT2D eigenvalue weighted by Crippen LogP contribution is -2.33. The summed E-state index contributed by atoms with van der Waals surface area (Å²) in [5.74, 6) is 0.0208. The van der Waals surface area contributed by atoms with Gasteiger partial charge in [0.05, 0.1) is 24.6 Å². The molecular formula is C23H22FN7O2. The average Bonchev–Trinajstić information content (AvgIpc) is 3.22. The third-order valence-electron chi connectivity index (χ3n) is 5.52. The van der Waals surface area contributed by atoms with E-state index in [4.69, 9.17) is 15.5 Å². The maximum Gasteiger partial charge on any atom is 0.256 e. The smallest absolute Gasteiger partial charge is 0.256 e. The highest BCUT2D eigenvalue weighted by Crippen LogP contribution is 2.33. The molecule has 1 atom stereocenters. The molecule has 0 saturated carbocycles. The first-order valence-electron chi connectivity index (χ1n) is 10.5. The number of ether oxygens (including phenoxy) is 1. The van der Waals surface area contributed by atoms with Crippen molar-refractivity contribution < 1.29 is 13.9 Å². The van der Waals surface area contributed by atoms with Crippen molar-refractivity contribution in [2.24, 2.45) is 0 Å². The van der Waals surface area contributed by atoms with Crippen molar-refractivity contribution in [2.45, 2.75) is 26.5 Å². The van der Waals surface area contributed by atoms with Gasteiger partial charge in [-0.15, -0.1) is 0 Å². The molecule has 1 aliphatic heterocycles. The van der Waals surface area contributed by atoms with E-state index in [1.54, 1.807) is 23.6 Å². The van der Waals surface area contributed by atoms with Gasteiger partial charge in [0, 0.05) is 23.4 Å². The van der Waals surface area contributed by atoms with Crippen molar-refractivity contribution in [3.8, 4) is 17.0 Å². The Kier molecular flexibility index (Phi) is 5.04. The van der Waals surface area contributed by atoms with Gasteiger partial charge in [0.15, 0.2) is 5.65 Å². The number of aryl methyl sites for hydroxylation is 1. The minimum absolute atomic E-state index is 0.211. The van der Waals surface area contributed by atoms with Crippen molar-refractivity contribution in [1.29, 1.82) is 0 Å². The fraction of sp³-hybridized carbons (Fsp3) is 0.217. The number of hydrogen-bond donors (Lipinski definition) is 3. The number of aromatic nitrogens is 4. The quantitative estimate of drug-likeness (QED) is 0.384. The highest BCUT2D eigenvalue weighted by Gasteiger charge is 2.22. The Morgan fingerprint density at radius 3 is 2.79 bits per heavy atom. The molecule has 0 aliphatic carbocycles. The van der Waals surface area contributed by atoms with Gasteiger partial charge in [0.1, 0.15) is 23.3 Å². The highest BCUT2D eigenvalue weighted by molar-refractivity contribution is 6.00. The van der Waals surface area contributed by atoms with Crippen LogP contribution in [-0.2, 0) is 6.54 Å². The lowest BCUT2D eigenvalue weighted by Gasteiger charge is -2.18. The molecule has 168 valence electrons. The minimum atomic E-state index is -0.471. The largest absolute Gasteiger partial charge is 0.473 e. The van der Waals surface area contributed by atoms with E-state index >= 15 is 0 Å². The molecule has 10 heteroatoms. The molecule has 4 heterocycles. The summed E-state index contributed by atoms with van der Waals surface area (Å²) in [7, 11) is 0. The Labute approximate surface area is 188 Å². The van der Waals surface area contributed by atoms with Gasteiger partial charge < -0.3 is 21.1 Å². The number of pyridine rings is 1. The summed E-state index contributed by atoms with van der Waals surface area (Å²) in [5.41, 5.74) is 10.2. The second-order valence-electron chi connectivity index (χ2n) is 7.95. The zero-order valence-electron chi connectivity index (χ0n) is 18.1. The molecule has 3 aromatic heterocycles. The third-order valence-corrected chi connectivity index (χ3v) is 5.52. The van der Waals surface area contributed by atoms with Crippen LogP contribution in [-0.4, -0.2) is 38.1 Å². The number of hydrogen-bond acceptors (Lipinski definition) is 7. The standard InChI is InChI=1S/C23H22FN7O2/c1-12-8-27-22(32)18-11-29-31-13(2)19(14-3-5-17(25)6-4-14)20(30-21(18)31)26-9-15-7-16(24)10-28-23(15)33-12/h3-7,10-12H,8-9,25H2,1-2H3,(H,26,30)(H,27,32)/t12-/m0/s1. The van der Waals surface area contributed by atoms with Gasteiger partial charge in [-0.3, -0.25) is 4.79 Å². The predicted molar refractivity (Wildman–Crippen MR) is 122 cm³/mol. The summed E-state index contributed by atoms with van der Waals surface area (Å²) >= 11 is 0. The second kappa shape index (κ2) is 8.05. The molecule has 9 nitrogen and oxygen atoms in total. The summed E-state index contributed by atoms with van der Waals surface area (Å²) in [6, 6.07) is 8.76. The summed E-state index contributed by atoms with van der Waals surface area (Å²) < 4.78 is 21.5. The van der Waals surface area contributed by atoms with Crippen LogP contribution in [0.1, 0.15) is 28.5 Å². The molecular weight excluding hydrogens is 425 g/mol. The van der Waals surface area contributed by atoms with Crippen LogP contribution in [0.25, 0.3) is 16.8 Å². The van der Waals surface area contributed by atoms with Crippen LogP contribution in [0.3, 0.4) is 0 Å². The number of nitrogen functional groups attached to an aromatic ring is 1. The average molecular weight is 447 g/mol. The summed E-state index contributed by atoms with van der Waals surface area (Å²) in [6.45, 7) is 4.15. The number of carbonyl (C=O) groups is 1. The topological polar surface area (TPSA) is 119 Å². The lowest BCUT2D eigenvalue weighted by molar-refractivity contribution is 0.0932. The Balaban J connectivity index is 1.71. The lowest BCUT2D eigenvalue weighted by atomic mass is 10.0. The Morgan fingerprint density at radius 2 is 2.00 bits per heavy atom. The molecule has 4 aromatic rings. The van der Waals surface area contributed by atoms with Crippen LogP contribution in [0, 0.1) is 12.7 Å². The number of fused-ring (bicyclic) bond motifs is 2. The predicted octanol–water partition coefficient (Wildman–Crippen LogP) is 2.94. The van der Waals surface area contributed by atoms with Crippen molar-refractivity contribution in [3.63, 3.8) is 0 Å². The summed E-state index contributed by atoms with van der Waals surface area (Å²) in [4.78, 5) is 21.7. The Bertz CT molecular complexity index is 1370. The maximum atomic E-state index is 14.0. The fourth-order valence-electron chi connectivity index (χ4n) is 3.86. The molecule has 4 N–H and O–H groups in total. The van der Waals surface area contributed by atoms with Crippen LogP contribution < -0.4 is 21.1 Å². The van der Waals surface area contributed by atoms with Gasteiger partial charge in [-0.25, -0.2) is 18.9 Å². The van der Waals surface area contributed by atoms with E-state index < -0.39 is 5.82 Å². The van der Waals surface area contributed by atoms with Gasteiger partial charge in [-0.1, -0.05) is 12.1 Å². The number of amides is 1. The molecule has 1 aromatic carbocycles. The molecule has 5 rings (SSSR count). The van der Waals surface area contributed by atoms with Gasteiger partial charge >= 0.3 is 0 Å². The molecule has 0 saturated heterocycles. The fourth-order valence-corrected chi connectivity index (χ4v) is 3.86. The van der Waals surface area contributed by atoms with Gasteiger partial charge in [-0.2, -0.15) is 5.10 Å². The van der Waals surface area contributed by atoms with E-state index in [2.05, 4.69) is 20.7 Å². The molecule has 2 bridgehead atoms.